The third-order valence-corrected chi connectivity index (χ3v) is 6.57. The third-order valence-electron chi connectivity index (χ3n) is 6.57. The quantitative estimate of drug-likeness (QED) is 0.322. The Hall–Kier alpha value is -3.32. The molecule has 0 bridgehead atoms. The second-order valence-electron chi connectivity index (χ2n) is 8.36. The van der Waals surface area contributed by atoms with Gasteiger partial charge in [-0.05, 0) is 64.6 Å². The monoisotopic (exact) mass is 404 g/mol. The number of methoxy groups -OCH3 is 1. The summed E-state index contributed by atoms with van der Waals surface area (Å²) < 4.78 is 5.77. The van der Waals surface area contributed by atoms with Crippen LogP contribution >= 0.6 is 0 Å². The Labute approximate surface area is 185 Å². The van der Waals surface area contributed by atoms with Crippen LogP contribution in [-0.2, 0) is 12.8 Å². The number of allylic oxidation sites excluding steroid dienone is 1. The Kier molecular flexibility index (Phi) is 5.34. The maximum Gasteiger partial charge on any atom is 0.126 e. The topological polar surface area (TPSA) is 9.23 Å². The second kappa shape index (κ2) is 8.43. The highest BCUT2D eigenvalue weighted by Crippen LogP contribution is 2.44. The summed E-state index contributed by atoms with van der Waals surface area (Å²) in [6, 6.07) is 30.8. The molecule has 0 aromatic heterocycles. The van der Waals surface area contributed by atoms with Crippen LogP contribution in [0, 0.1) is 0 Å². The van der Waals surface area contributed by atoms with Gasteiger partial charge in [0.15, 0.2) is 0 Å². The van der Waals surface area contributed by atoms with Crippen LogP contribution in [-0.4, -0.2) is 7.11 Å². The summed E-state index contributed by atoms with van der Waals surface area (Å²) in [5.74, 6) is 1.28. The van der Waals surface area contributed by atoms with Gasteiger partial charge in [0.05, 0.1) is 7.11 Å². The number of hydrogen-bond donors (Lipinski definition) is 0. The first-order chi connectivity index (χ1) is 15.3. The highest BCUT2D eigenvalue weighted by molar-refractivity contribution is 5.92. The van der Waals surface area contributed by atoms with Crippen molar-refractivity contribution in [2.24, 2.45) is 0 Å². The van der Waals surface area contributed by atoms with Gasteiger partial charge >= 0.3 is 0 Å². The molecule has 1 atom stereocenters. The van der Waals surface area contributed by atoms with Crippen molar-refractivity contribution in [3.05, 3.63) is 118 Å². The lowest BCUT2D eigenvalue weighted by molar-refractivity contribution is 0.420. The van der Waals surface area contributed by atoms with Gasteiger partial charge in [0.2, 0.25) is 0 Å². The van der Waals surface area contributed by atoms with Crippen LogP contribution in [0.3, 0.4) is 0 Å². The molecule has 5 rings (SSSR count). The minimum Gasteiger partial charge on any atom is -0.496 e. The molecule has 4 aromatic carbocycles. The van der Waals surface area contributed by atoms with Gasteiger partial charge in [0.1, 0.15) is 5.75 Å². The van der Waals surface area contributed by atoms with Crippen molar-refractivity contribution in [1.82, 2.24) is 0 Å². The lowest BCUT2D eigenvalue weighted by atomic mass is 9.84. The van der Waals surface area contributed by atoms with Crippen molar-refractivity contribution in [2.75, 3.05) is 7.11 Å². The zero-order valence-electron chi connectivity index (χ0n) is 18.3. The molecular weight excluding hydrogens is 376 g/mol. The Balaban J connectivity index is 1.64. The first-order valence-electron chi connectivity index (χ1n) is 11.2. The van der Waals surface area contributed by atoms with Gasteiger partial charge < -0.3 is 4.74 Å². The zero-order chi connectivity index (χ0) is 21.2. The van der Waals surface area contributed by atoms with Gasteiger partial charge in [0, 0.05) is 11.3 Å². The van der Waals surface area contributed by atoms with E-state index in [-0.39, 0.29) is 0 Å². The standard InChI is InChI=1S/C30H28O/c1-3-22-18-23-12-7-8-13-27(23)30(22)25-19-24(17-16-21-10-5-4-6-11-21)26-14-9-15-29(31-2)28(26)20-25/h4-15,18-20,30H,3,16-17H2,1-2H3. The van der Waals surface area contributed by atoms with Gasteiger partial charge in [0.25, 0.3) is 0 Å². The molecule has 0 fully saturated rings. The van der Waals surface area contributed by atoms with E-state index in [9.17, 15) is 0 Å². The summed E-state index contributed by atoms with van der Waals surface area (Å²) in [5, 5.41) is 2.51. The van der Waals surface area contributed by atoms with E-state index in [1.165, 1.54) is 44.2 Å². The summed E-state index contributed by atoms with van der Waals surface area (Å²) >= 11 is 0. The van der Waals surface area contributed by atoms with Crippen molar-refractivity contribution in [1.29, 1.82) is 0 Å². The first-order valence-corrected chi connectivity index (χ1v) is 11.2. The minimum absolute atomic E-state index is 0.325. The number of hydrogen-bond acceptors (Lipinski definition) is 1. The van der Waals surface area contributed by atoms with Crippen LogP contribution < -0.4 is 4.74 Å². The van der Waals surface area contributed by atoms with Crippen LogP contribution in [0.2, 0.25) is 0 Å². The summed E-state index contributed by atoms with van der Waals surface area (Å²) in [4.78, 5) is 0. The number of rotatable bonds is 6. The molecular formula is C30H28O. The molecule has 1 unspecified atom stereocenters. The number of benzene rings is 4. The van der Waals surface area contributed by atoms with E-state index in [1.807, 2.05) is 0 Å². The van der Waals surface area contributed by atoms with Gasteiger partial charge in [-0.15, -0.1) is 0 Å². The van der Waals surface area contributed by atoms with E-state index in [4.69, 9.17) is 4.74 Å². The van der Waals surface area contributed by atoms with E-state index < -0.39 is 0 Å². The van der Waals surface area contributed by atoms with E-state index in [0.717, 1.165) is 25.0 Å². The highest BCUT2D eigenvalue weighted by Gasteiger charge is 2.26. The average molecular weight is 405 g/mol. The molecule has 1 nitrogen and oxygen atoms in total. The summed E-state index contributed by atoms with van der Waals surface area (Å²) in [6.45, 7) is 2.27. The minimum atomic E-state index is 0.325. The zero-order valence-corrected chi connectivity index (χ0v) is 18.3. The lowest BCUT2D eigenvalue weighted by Crippen LogP contribution is -2.04. The summed E-state index contributed by atoms with van der Waals surface area (Å²) in [6.07, 6.45) is 5.49. The molecule has 0 spiro atoms. The highest BCUT2D eigenvalue weighted by atomic mass is 16.5. The molecule has 0 saturated heterocycles. The van der Waals surface area contributed by atoms with Crippen LogP contribution in [0.1, 0.15) is 47.1 Å². The molecule has 0 N–H and O–H groups in total. The molecule has 1 heteroatoms. The van der Waals surface area contributed by atoms with Crippen molar-refractivity contribution in [3.63, 3.8) is 0 Å². The van der Waals surface area contributed by atoms with Gasteiger partial charge in [-0.3, -0.25) is 0 Å². The van der Waals surface area contributed by atoms with Crippen LogP contribution in [0.5, 0.6) is 5.75 Å². The Morgan fingerprint density at radius 3 is 2.39 bits per heavy atom. The van der Waals surface area contributed by atoms with E-state index in [0.29, 0.717) is 5.92 Å². The maximum absolute atomic E-state index is 5.77. The predicted molar refractivity (Wildman–Crippen MR) is 131 cm³/mol. The summed E-state index contributed by atoms with van der Waals surface area (Å²) in [7, 11) is 1.77. The van der Waals surface area contributed by atoms with Crippen molar-refractivity contribution >= 4 is 16.8 Å². The van der Waals surface area contributed by atoms with E-state index in [2.05, 4.69) is 97.9 Å². The maximum atomic E-state index is 5.77. The smallest absolute Gasteiger partial charge is 0.126 e. The molecule has 1 aliphatic carbocycles. The number of ether oxygens (including phenoxy) is 1. The molecule has 0 aliphatic heterocycles. The van der Waals surface area contributed by atoms with Gasteiger partial charge in [-0.25, -0.2) is 0 Å². The molecule has 0 heterocycles. The third kappa shape index (κ3) is 3.65. The molecule has 31 heavy (non-hydrogen) atoms. The van der Waals surface area contributed by atoms with E-state index >= 15 is 0 Å². The van der Waals surface area contributed by atoms with E-state index in [1.54, 1.807) is 7.11 Å². The molecule has 154 valence electrons. The fourth-order valence-corrected chi connectivity index (χ4v) is 5.02. The molecule has 0 radical (unpaired) electrons. The Morgan fingerprint density at radius 1 is 0.774 bits per heavy atom. The predicted octanol–water partition coefficient (Wildman–Crippen LogP) is 7.57. The molecule has 1 aliphatic rings. The van der Waals surface area contributed by atoms with Gasteiger partial charge in [-0.2, -0.15) is 0 Å². The lowest BCUT2D eigenvalue weighted by Gasteiger charge is -2.20. The second-order valence-corrected chi connectivity index (χ2v) is 8.36. The fraction of sp³-hybridized carbons (Fsp3) is 0.200. The summed E-state index contributed by atoms with van der Waals surface area (Å²) in [5.41, 5.74) is 8.42. The van der Waals surface area contributed by atoms with Crippen molar-refractivity contribution in [3.8, 4) is 5.75 Å². The normalized spacial score (nSPS) is 15.0. The Morgan fingerprint density at radius 2 is 1.58 bits per heavy atom. The Bertz CT molecular complexity index is 1250. The number of fused-ring (bicyclic) bond motifs is 2. The molecule has 0 amide bonds. The SMILES string of the molecule is CCC1=Cc2ccccc2C1c1cc(CCc2ccccc2)c2cccc(OC)c2c1. The van der Waals surface area contributed by atoms with Gasteiger partial charge in [-0.1, -0.05) is 91.4 Å². The number of aryl methyl sites for hydroxylation is 2. The average Bonchev–Trinajstić information content (AvgIpc) is 3.21. The van der Waals surface area contributed by atoms with Crippen LogP contribution in [0.25, 0.3) is 16.8 Å². The van der Waals surface area contributed by atoms with Crippen LogP contribution in [0.4, 0.5) is 0 Å². The fourth-order valence-electron chi connectivity index (χ4n) is 5.02. The van der Waals surface area contributed by atoms with Crippen molar-refractivity contribution in [2.45, 2.75) is 32.1 Å². The largest absolute Gasteiger partial charge is 0.496 e. The van der Waals surface area contributed by atoms with Crippen LogP contribution in [0.15, 0.2) is 90.5 Å². The molecule has 0 saturated carbocycles. The van der Waals surface area contributed by atoms with Crippen molar-refractivity contribution < 1.29 is 4.74 Å². The first kappa shape index (κ1) is 19.6. The molecule has 4 aromatic rings.